The molecule has 1 heterocycles. The third-order valence-electron chi connectivity index (χ3n) is 4.30. The van der Waals surface area contributed by atoms with Crippen LogP contribution in [0.2, 0.25) is 0 Å². The molecule has 112 valence electrons. The topological polar surface area (TPSA) is 57.6 Å². The number of carboxylic acid groups (broad SMARTS) is 1. The lowest BCUT2D eigenvalue weighted by molar-refractivity contribution is -0.150. The molecule has 1 saturated carbocycles. The van der Waals surface area contributed by atoms with Crippen LogP contribution < -0.4 is 0 Å². The number of hydrogen-bond donors (Lipinski definition) is 1. The number of carbonyl (C=O) groups is 2. The van der Waals surface area contributed by atoms with Crippen molar-refractivity contribution in [3.63, 3.8) is 0 Å². The van der Waals surface area contributed by atoms with Gasteiger partial charge in [-0.15, -0.1) is 11.8 Å². The van der Waals surface area contributed by atoms with E-state index >= 15 is 0 Å². The molecule has 0 radical (unpaired) electrons. The van der Waals surface area contributed by atoms with Crippen LogP contribution in [-0.4, -0.2) is 39.1 Å². The third kappa shape index (κ3) is 2.31. The molecule has 0 bridgehead atoms. The first-order valence-corrected chi connectivity index (χ1v) is 7.94. The molecule has 0 aromatic heterocycles. The summed E-state index contributed by atoms with van der Waals surface area (Å²) in [6.45, 7) is 1.85. The first-order valence-electron chi connectivity index (χ1n) is 6.89. The lowest BCUT2D eigenvalue weighted by atomic mass is 9.93. The minimum absolute atomic E-state index is 0.140. The predicted octanol–water partition coefficient (Wildman–Crippen LogP) is 2.23. The number of aliphatic carboxylic acids is 1. The Morgan fingerprint density at radius 1 is 1.33 bits per heavy atom. The highest BCUT2D eigenvalue weighted by Crippen LogP contribution is 2.51. The largest absolute Gasteiger partial charge is 0.480 e. The minimum atomic E-state index is -0.963. The molecule has 6 heteroatoms. The molecule has 21 heavy (non-hydrogen) atoms. The Hall–Kier alpha value is -1.56. The van der Waals surface area contributed by atoms with Gasteiger partial charge in [0.15, 0.2) is 0 Å². The van der Waals surface area contributed by atoms with Gasteiger partial charge < -0.3 is 10.0 Å². The van der Waals surface area contributed by atoms with Crippen molar-refractivity contribution in [2.45, 2.75) is 36.6 Å². The lowest BCUT2D eigenvalue weighted by Crippen LogP contribution is -2.49. The van der Waals surface area contributed by atoms with E-state index in [9.17, 15) is 19.1 Å². The van der Waals surface area contributed by atoms with Gasteiger partial charge >= 0.3 is 5.97 Å². The molecule has 2 aliphatic rings. The van der Waals surface area contributed by atoms with E-state index in [0.717, 1.165) is 5.56 Å². The van der Waals surface area contributed by atoms with Crippen LogP contribution in [-0.2, 0) is 15.0 Å². The number of benzene rings is 1. The molecule has 1 amide bonds. The van der Waals surface area contributed by atoms with Gasteiger partial charge in [0.25, 0.3) is 0 Å². The van der Waals surface area contributed by atoms with Crippen molar-refractivity contribution in [1.29, 1.82) is 0 Å². The van der Waals surface area contributed by atoms with Gasteiger partial charge in [-0.05, 0) is 37.5 Å². The Morgan fingerprint density at radius 2 is 1.95 bits per heavy atom. The van der Waals surface area contributed by atoms with Crippen LogP contribution in [0.5, 0.6) is 0 Å². The number of nitrogens with zero attached hydrogens (tertiary/aromatic N) is 1. The van der Waals surface area contributed by atoms with Crippen LogP contribution in [0.25, 0.3) is 0 Å². The average Bonchev–Trinajstić information content (AvgIpc) is 3.16. The molecule has 1 N–H and O–H groups in total. The Labute approximate surface area is 126 Å². The highest BCUT2D eigenvalue weighted by Gasteiger charge is 2.56. The van der Waals surface area contributed by atoms with Gasteiger partial charge in [0.2, 0.25) is 5.91 Å². The Bertz CT molecular complexity index is 585. The van der Waals surface area contributed by atoms with Crippen LogP contribution >= 0.6 is 11.8 Å². The van der Waals surface area contributed by atoms with Crippen molar-refractivity contribution in [1.82, 2.24) is 4.90 Å². The predicted molar refractivity (Wildman–Crippen MR) is 77.5 cm³/mol. The van der Waals surface area contributed by atoms with E-state index in [4.69, 9.17) is 0 Å². The van der Waals surface area contributed by atoms with Crippen molar-refractivity contribution in [2.24, 2.45) is 0 Å². The summed E-state index contributed by atoms with van der Waals surface area (Å²) < 4.78 is 13.1. The summed E-state index contributed by atoms with van der Waals surface area (Å²) in [4.78, 5) is 25.7. The third-order valence-corrected chi connectivity index (χ3v) is 5.52. The van der Waals surface area contributed by atoms with Gasteiger partial charge in [0.05, 0.1) is 10.8 Å². The Morgan fingerprint density at radius 3 is 2.48 bits per heavy atom. The van der Waals surface area contributed by atoms with Crippen molar-refractivity contribution < 1.29 is 19.1 Å². The Balaban J connectivity index is 1.90. The van der Waals surface area contributed by atoms with E-state index in [-0.39, 0.29) is 17.1 Å². The van der Waals surface area contributed by atoms with Crippen molar-refractivity contribution in [3.05, 3.63) is 35.6 Å². The van der Waals surface area contributed by atoms with Gasteiger partial charge in [-0.1, -0.05) is 12.1 Å². The first-order chi connectivity index (χ1) is 9.95. The van der Waals surface area contributed by atoms with Crippen LogP contribution in [0.1, 0.15) is 25.3 Å². The fourth-order valence-corrected chi connectivity index (χ4v) is 4.08. The molecule has 1 aromatic rings. The van der Waals surface area contributed by atoms with E-state index in [1.165, 1.54) is 28.8 Å². The summed E-state index contributed by atoms with van der Waals surface area (Å²) >= 11 is 1.48. The fourth-order valence-electron chi connectivity index (χ4n) is 2.91. The maximum Gasteiger partial charge on any atom is 0.327 e. The number of amides is 1. The quantitative estimate of drug-likeness (QED) is 0.930. The maximum atomic E-state index is 13.1. The zero-order chi connectivity index (χ0) is 15.2. The SMILES string of the molecule is CC1SCC(C(=O)O)N1C(=O)C1(c2ccc(F)cc2)CC1. The monoisotopic (exact) mass is 309 g/mol. The van der Waals surface area contributed by atoms with Crippen LogP contribution in [0.15, 0.2) is 24.3 Å². The molecule has 1 aromatic carbocycles. The summed E-state index contributed by atoms with van der Waals surface area (Å²) in [5.74, 6) is -1.02. The van der Waals surface area contributed by atoms with E-state index in [1.807, 2.05) is 6.92 Å². The van der Waals surface area contributed by atoms with Crippen molar-refractivity contribution in [3.8, 4) is 0 Å². The van der Waals surface area contributed by atoms with Crippen LogP contribution in [0.4, 0.5) is 4.39 Å². The second kappa shape index (κ2) is 5.02. The van der Waals surface area contributed by atoms with Gasteiger partial charge in [0, 0.05) is 5.75 Å². The number of thioether (sulfide) groups is 1. The molecule has 0 spiro atoms. The molecule has 2 atom stereocenters. The zero-order valence-electron chi connectivity index (χ0n) is 11.6. The molecule has 3 rings (SSSR count). The zero-order valence-corrected chi connectivity index (χ0v) is 12.4. The standard InChI is InChI=1S/C15H16FNO3S/c1-9-17(12(8-21-9)13(18)19)14(20)15(6-7-15)10-2-4-11(16)5-3-10/h2-5,9,12H,6-8H2,1H3,(H,18,19). The summed E-state index contributed by atoms with van der Waals surface area (Å²) in [7, 11) is 0. The molecule has 2 fully saturated rings. The normalized spacial score (nSPS) is 26.7. The molecule has 1 aliphatic heterocycles. The van der Waals surface area contributed by atoms with Gasteiger partial charge in [0.1, 0.15) is 11.9 Å². The lowest BCUT2D eigenvalue weighted by Gasteiger charge is -2.29. The van der Waals surface area contributed by atoms with E-state index in [1.54, 1.807) is 12.1 Å². The van der Waals surface area contributed by atoms with Gasteiger partial charge in [-0.2, -0.15) is 0 Å². The number of rotatable bonds is 3. The molecule has 1 saturated heterocycles. The number of carboxylic acids is 1. The van der Waals surface area contributed by atoms with Crippen LogP contribution in [0.3, 0.4) is 0 Å². The van der Waals surface area contributed by atoms with Crippen molar-refractivity contribution in [2.75, 3.05) is 5.75 Å². The van der Waals surface area contributed by atoms with Gasteiger partial charge in [-0.25, -0.2) is 9.18 Å². The second-order valence-corrected chi connectivity index (χ2v) is 6.94. The molecule has 2 unspecified atom stereocenters. The number of carbonyl (C=O) groups excluding carboxylic acids is 1. The highest BCUT2D eigenvalue weighted by molar-refractivity contribution is 8.00. The van der Waals surface area contributed by atoms with E-state index < -0.39 is 17.4 Å². The molecule has 4 nitrogen and oxygen atoms in total. The summed E-state index contributed by atoms with van der Waals surface area (Å²) in [6, 6.07) is 5.18. The first kappa shape index (κ1) is 14.4. The highest BCUT2D eigenvalue weighted by atomic mass is 32.2. The van der Waals surface area contributed by atoms with Gasteiger partial charge in [-0.3, -0.25) is 4.79 Å². The fraction of sp³-hybridized carbons (Fsp3) is 0.467. The number of halogens is 1. The smallest absolute Gasteiger partial charge is 0.327 e. The summed E-state index contributed by atoms with van der Waals surface area (Å²) in [6.07, 6.45) is 1.38. The Kier molecular flexibility index (Phi) is 3.43. The molecular weight excluding hydrogens is 293 g/mol. The minimum Gasteiger partial charge on any atom is -0.480 e. The number of hydrogen-bond acceptors (Lipinski definition) is 3. The maximum absolute atomic E-state index is 13.1. The van der Waals surface area contributed by atoms with E-state index in [0.29, 0.717) is 18.6 Å². The summed E-state index contributed by atoms with van der Waals surface area (Å²) in [5.41, 5.74) is 0.128. The molecular formula is C15H16FNO3S. The second-order valence-electron chi connectivity index (χ2n) is 5.59. The van der Waals surface area contributed by atoms with Crippen LogP contribution in [0, 0.1) is 5.82 Å². The molecule has 1 aliphatic carbocycles. The van der Waals surface area contributed by atoms with Crippen molar-refractivity contribution >= 4 is 23.6 Å². The summed E-state index contributed by atoms with van der Waals surface area (Å²) in [5, 5.41) is 9.14. The van der Waals surface area contributed by atoms with E-state index in [2.05, 4.69) is 0 Å². The average molecular weight is 309 g/mol.